The quantitative estimate of drug-likeness (QED) is 0.664. The maximum Gasteiger partial charge on any atom is 0.129 e. The van der Waals surface area contributed by atoms with Gasteiger partial charge < -0.3 is 10.3 Å². The van der Waals surface area contributed by atoms with E-state index < -0.39 is 0 Å². The minimum Gasteiger partial charge on any atom is -0.335 e. The Kier molecular flexibility index (Phi) is 4.48. The Morgan fingerprint density at radius 1 is 1.24 bits per heavy atom. The van der Waals surface area contributed by atoms with Crippen LogP contribution in [0.25, 0.3) is 22.3 Å². The van der Waals surface area contributed by atoms with Crippen molar-refractivity contribution in [3.05, 3.63) is 46.9 Å². The van der Waals surface area contributed by atoms with Crippen molar-refractivity contribution in [2.45, 2.75) is 51.6 Å². The van der Waals surface area contributed by atoms with Gasteiger partial charge in [-0.25, -0.2) is 4.98 Å². The summed E-state index contributed by atoms with van der Waals surface area (Å²) in [5.74, 6) is 0. The molecule has 4 nitrogen and oxygen atoms in total. The van der Waals surface area contributed by atoms with Crippen LogP contribution in [0.2, 0.25) is 5.15 Å². The van der Waals surface area contributed by atoms with Gasteiger partial charge in [-0.2, -0.15) is 0 Å². The molecule has 0 aromatic carbocycles. The molecule has 0 amide bonds. The summed E-state index contributed by atoms with van der Waals surface area (Å²) in [6, 6.07) is 6.71. The first kappa shape index (κ1) is 16.6. The lowest BCUT2D eigenvalue weighted by Crippen LogP contribution is -2.18. The Balaban J connectivity index is 1.99. The van der Waals surface area contributed by atoms with Crippen LogP contribution in [0.5, 0.6) is 0 Å². The highest BCUT2D eigenvalue weighted by atomic mass is 35.5. The van der Waals surface area contributed by atoms with Crippen LogP contribution in [-0.4, -0.2) is 14.5 Å². The lowest BCUT2D eigenvalue weighted by molar-refractivity contribution is 0.323. The van der Waals surface area contributed by atoms with Crippen LogP contribution < -0.4 is 5.73 Å². The van der Waals surface area contributed by atoms with Gasteiger partial charge in [-0.1, -0.05) is 31.0 Å². The molecule has 2 N–H and O–H groups in total. The SMILES string of the molecule is CCCc1c(-c2ccc(CN)cn2)n(C2CCC2)c2cnc(Cl)cc12. The summed E-state index contributed by atoms with van der Waals surface area (Å²) in [7, 11) is 0. The number of aryl methyl sites for hydroxylation is 1. The average molecular weight is 355 g/mol. The molecule has 1 saturated carbocycles. The molecule has 0 aliphatic heterocycles. The summed E-state index contributed by atoms with van der Waals surface area (Å²) in [6.45, 7) is 2.73. The Morgan fingerprint density at radius 3 is 2.68 bits per heavy atom. The van der Waals surface area contributed by atoms with E-state index in [0.717, 1.165) is 24.1 Å². The van der Waals surface area contributed by atoms with Gasteiger partial charge in [0.1, 0.15) is 5.15 Å². The first-order valence-corrected chi connectivity index (χ1v) is 9.44. The fourth-order valence-corrected chi connectivity index (χ4v) is 3.90. The van der Waals surface area contributed by atoms with E-state index in [9.17, 15) is 0 Å². The summed E-state index contributed by atoms with van der Waals surface area (Å²) in [5, 5.41) is 1.77. The number of pyridine rings is 2. The van der Waals surface area contributed by atoms with Crippen molar-refractivity contribution in [2.24, 2.45) is 5.73 Å². The summed E-state index contributed by atoms with van der Waals surface area (Å²) >= 11 is 6.22. The highest BCUT2D eigenvalue weighted by Crippen LogP contribution is 2.42. The minimum absolute atomic E-state index is 0.514. The molecule has 3 aromatic heterocycles. The average Bonchev–Trinajstić information content (AvgIpc) is 2.88. The number of nitrogens with two attached hydrogens (primary N) is 1. The maximum atomic E-state index is 6.22. The maximum absolute atomic E-state index is 6.22. The van der Waals surface area contributed by atoms with Crippen molar-refractivity contribution in [3.8, 4) is 11.4 Å². The van der Waals surface area contributed by atoms with E-state index in [1.807, 2.05) is 18.5 Å². The number of fused-ring (bicyclic) bond motifs is 1. The fourth-order valence-electron chi connectivity index (χ4n) is 3.74. The first-order valence-electron chi connectivity index (χ1n) is 9.06. The molecule has 25 heavy (non-hydrogen) atoms. The van der Waals surface area contributed by atoms with Crippen molar-refractivity contribution < 1.29 is 0 Å². The van der Waals surface area contributed by atoms with Crippen LogP contribution >= 0.6 is 11.6 Å². The molecule has 3 aromatic rings. The van der Waals surface area contributed by atoms with Crippen LogP contribution in [0.3, 0.4) is 0 Å². The van der Waals surface area contributed by atoms with Gasteiger partial charge in [-0.3, -0.25) is 4.98 Å². The summed E-state index contributed by atoms with van der Waals surface area (Å²) in [5.41, 5.74) is 11.5. The second-order valence-electron chi connectivity index (χ2n) is 6.81. The third-order valence-corrected chi connectivity index (χ3v) is 5.41. The van der Waals surface area contributed by atoms with Gasteiger partial charge in [0.2, 0.25) is 0 Å². The van der Waals surface area contributed by atoms with E-state index in [-0.39, 0.29) is 0 Å². The van der Waals surface area contributed by atoms with E-state index in [4.69, 9.17) is 22.3 Å². The molecule has 4 rings (SSSR count). The molecule has 130 valence electrons. The van der Waals surface area contributed by atoms with E-state index >= 15 is 0 Å². The number of aromatic nitrogens is 3. The minimum atomic E-state index is 0.514. The highest BCUT2D eigenvalue weighted by molar-refractivity contribution is 6.30. The molecule has 0 atom stereocenters. The van der Waals surface area contributed by atoms with E-state index in [0.29, 0.717) is 17.7 Å². The predicted octanol–water partition coefficient (Wildman–Crippen LogP) is 4.89. The van der Waals surface area contributed by atoms with Crippen molar-refractivity contribution in [1.82, 2.24) is 14.5 Å². The number of nitrogens with zero attached hydrogens (tertiary/aromatic N) is 3. The van der Waals surface area contributed by atoms with E-state index in [1.165, 1.54) is 41.4 Å². The molecule has 0 saturated heterocycles. The molecule has 0 spiro atoms. The molecule has 3 heterocycles. The Bertz CT molecular complexity index is 894. The third kappa shape index (κ3) is 2.83. The van der Waals surface area contributed by atoms with Crippen LogP contribution in [0.15, 0.2) is 30.6 Å². The van der Waals surface area contributed by atoms with Gasteiger partial charge in [0.05, 0.1) is 23.1 Å². The number of hydrogen-bond acceptors (Lipinski definition) is 3. The zero-order valence-electron chi connectivity index (χ0n) is 14.5. The smallest absolute Gasteiger partial charge is 0.129 e. The number of hydrogen-bond donors (Lipinski definition) is 1. The number of halogens is 1. The zero-order chi connectivity index (χ0) is 17.4. The predicted molar refractivity (Wildman–Crippen MR) is 103 cm³/mol. The Hall–Kier alpha value is -1.91. The molecule has 5 heteroatoms. The summed E-state index contributed by atoms with van der Waals surface area (Å²) in [6.07, 6.45) is 9.61. The van der Waals surface area contributed by atoms with Gasteiger partial charge in [0.25, 0.3) is 0 Å². The fraction of sp³-hybridized carbons (Fsp3) is 0.400. The second kappa shape index (κ2) is 6.77. The number of rotatable bonds is 5. The largest absolute Gasteiger partial charge is 0.335 e. The topological polar surface area (TPSA) is 56.7 Å². The molecule has 0 radical (unpaired) electrons. The molecule has 1 fully saturated rings. The van der Waals surface area contributed by atoms with E-state index in [2.05, 4.69) is 28.6 Å². The summed E-state index contributed by atoms with van der Waals surface area (Å²) < 4.78 is 2.46. The van der Waals surface area contributed by atoms with Crippen LogP contribution in [0.1, 0.15) is 49.8 Å². The third-order valence-electron chi connectivity index (χ3n) is 5.20. The molecule has 1 aliphatic carbocycles. The molecular weight excluding hydrogens is 332 g/mol. The van der Waals surface area contributed by atoms with Crippen LogP contribution in [0.4, 0.5) is 0 Å². The summed E-state index contributed by atoms with van der Waals surface area (Å²) in [4.78, 5) is 9.08. The van der Waals surface area contributed by atoms with Crippen molar-refractivity contribution in [3.63, 3.8) is 0 Å². The lowest BCUT2D eigenvalue weighted by atomic mass is 9.92. The van der Waals surface area contributed by atoms with Crippen molar-refractivity contribution in [1.29, 1.82) is 0 Å². The second-order valence-corrected chi connectivity index (χ2v) is 7.20. The zero-order valence-corrected chi connectivity index (χ0v) is 15.3. The van der Waals surface area contributed by atoms with Gasteiger partial charge >= 0.3 is 0 Å². The Labute approximate surface area is 153 Å². The molecular formula is C20H23ClN4. The molecule has 1 aliphatic rings. The standard InChI is InChI=1S/C20H23ClN4/c1-2-4-15-16-9-19(21)24-12-18(16)25(14-5-3-6-14)20(15)17-8-7-13(10-22)11-23-17/h7-9,11-12,14H,2-6,10,22H2,1H3. The van der Waals surface area contributed by atoms with Crippen LogP contribution in [0, 0.1) is 0 Å². The first-order chi connectivity index (χ1) is 12.2. The normalized spacial score (nSPS) is 14.8. The van der Waals surface area contributed by atoms with Gasteiger partial charge in [-0.15, -0.1) is 0 Å². The van der Waals surface area contributed by atoms with E-state index in [1.54, 1.807) is 0 Å². The monoisotopic (exact) mass is 354 g/mol. The highest BCUT2D eigenvalue weighted by Gasteiger charge is 2.28. The van der Waals surface area contributed by atoms with Crippen LogP contribution in [-0.2, 0) is 13.0 Å². The van der Waals surface area contributed by atoms with Crippen molar-refractivity contribution in [2.75, 3.05) is 0 Å². The Morgan fingerprint density at radius 2 is 2.08 bits per heavy atom. The lowest BCUT2D eigenvalue weighted by Gasteiger charge is -2.30. The molecule has 0 bridgehead atoms. The van der Waals surface area contributed by atoms with Gasteiger partial charge in [0, 0.05) is 24.2 Å². The van der Waals surface area contributed by atoms with Gasteiger partial charge in [0.15, 0.2) is 0 Å². The van der Waals surface area contributed by atoms with Crippen molar-refractivity contribution >= 4 is 22.5 Å². The molecule has 0 unspecified atom stereocenters. The van der Waals surface area contributed by atoms with Gasteiger partial charge in [-0.05, 0) is 48.9 Å².